The highest BCUT2D eigenvalue weighted by molar-refractivity contribution is 7.17. The van der Waals surface area contributed by atoms with Crippen molar-refractivity contribution >= 4 is 34.1 Å². The van der Waals surface area contributed by atoms with Crippen LogP contribution >= 0.6 is 11.3 Å². The minimum atomic E-state index is -0.533. The van der Waals surface area contributed by atoms with Crippen molar-refractivity contribution in [1.82, 2.24) is 0 Å². The Morgan fingerprint density at radius 1 is 1.33 bits per heavy atom. The number of nitrogens with two attached hydrogens (primary N) is 1. The summed E-state index contributed by atoms with van der Waals surface area (Å²) in [5, 5.41) is 3.12. The summed E-state index contributed by atoms with van der Waals surface area (Å²) < 4.78 is 5.02. The van der Waals surface area contributed by atoms with Crippen LogP contribution in [0.1, 0.15) is 46.5 Å². The molecule has 0 saturated heterocycles. The van der Waals surface area contributed by atoms with Crippen molar-refractivity contribution in [3.63, 3.8) is 0 Å². The van der Waals surface area contributed by atoms with Gasteiger partial charge >= 0.3 is 5.97 Å². The van der Waals surface area contributed by atoms with Crippen molar-refractivity contribution < 1.29 is 19.1 Å². The van der Waals surface area contributed by atoms with Gasteiger partial charge in [-0.1, -0.05) is 12.2 Å². The first-order valence-corrected chi connectivity index (χ1v) is 8.92. The molecule has 3 N–H and O–H groups in total. The molecule has 1 aromatic rings. The Hall–Kier alpha value is -2.15. The zero-order chi connectivity index (χ0) is 17.1. The zero-order valence-corrected chi connectivity index (χ0v) is 14.1. The van der Waals surface area contributed by atoms with Crippen molar-refractivity contribution in [2.75, 3.05) is 11.9 Å². The summed E-state index contributed by atoms with van der Waals surface area (Å²) >= 11 is 1.38. The highest BCUT2D eigenvalue weighted by atomic mass is 32.1. The summed E-state index contributed by atoms with van der Waals surface area (Å²) in [5.41, 5.74) is 6.80. The van der Waals surface area contributed by atoms with Gasteiger partial charge in [0, 0.05) is 4.88 Å². The van der Waals surface area contributed by atoms with Crippen LogP contribution in [0.3, 0.4) is 0 Å². The fourth-order valence-corrected chi connectivity index (χ4v) is 4.51. The van der Waals surface area contributed by atoms with Crippen LogP contribution in [0.25, 0.3) is 0 Å². The average Bonchev–Trinajstić information content (AvgIpc) is 3.21. The molecule has 0 aromatic carbocycles. The van der Waals surface area contributed by atoms with Gasteiger partial charge in [0.1, 0.15) is 5.00 Å². The molecule has 2 aliphatic rings. The first-order valence-electron chi connectivity index (χ1n) is 8.11. The molecule has 0 spiro atoms. The smallest absolute Gasteiger partial charge is 0.306 e. The molecule has 1 atom stereocenters. The van der Waals surface area contributed by atoms with Crippen LogP contribution in [-0.2, 0) is 27.2 Å². The number of nitrogens with one attached hydrogen (secondary N) is 1. The van der Waals surface area contributed by atoms with E-state index >= 15 is 0 Å². The number of hydrogen-bond acceptors (Lipinski definition) is 5. The van der Waals surface area contributed by atoms with Crippen molar-refractivity contribution in [1.29, 1.82) is 0 Å². The lowest BCUT2D eigenvalue weighted by Crippen LogP contribution is -2.23. The monoisotopic (exact) mass is 348 g/mol. The summed E-state index contributed by atoms with van der Waals surface area (Å²) in [5.74, 6) is -1.16. The van der Waals surface area contributed by atoms with E-state index in [-0.39, 0.29) is 18.5 Å². The molecule has 128 valence electrons. The van der Waals surface area contributed by atoms with Gasteiger partial charge in [-0.3, -0.25) is 14.4 Å². The number of amides is 2. The van der Waals surface area contributed by atoms with Crippen LogP contribution in [0.4, 0.5) is 5.00 Å². The molecule has 7 heteroatoms. The molecule has 1 aromatic heterocycles. The van der Waals surface area contributed by atoms with E-state index in [9.17, 15) is 14.4 Å². The van der Waals surface area contributed by atoms with E-state index < -0.39 is 11.8 Å². The lowest BCUT2D eigenvalue weighted by molar-refractivity contribution is -0.147. The van der Waals surface area contributed by atoms with Gasteiger partial charge in [-0.25, -0.2) is 0 Å². The molecule has 24 heavy (non-hydrogen) atoms. The molecular formula is C17H20N2O4S. The number of fused-ring (bicyclic) bond motifs is 1. The Morgan fingerprint density at radius 2 is 2.17 bits per heavy atom. The summed E-state index contributed by atoms with van der Waals surface area (Å²) in [4.78, 5) is 36.5. The summed E-state index contributed by atoms with van der Waals surface area (Å²) in [6.45, 7) is -0.351. The van der Waals surface area contributed by atoms with Gasteiger partial charge in [-0.05, 0) is 43.6 Å². The van der Waals surface area contributed by atoms with E-state index in [1.54, 1.807) is 0 Å². The molecule has 2 amide bonds. The van der Waals surface area contributed by atoms with Crippen LogP contribution in [0.2, 0.25) is 0 Å². The number of anilines is 1. The molecule has 6 nitrogen and oxygen atoms in total. The normalized spacial score (nSPS) is 18.4. The minimum absolute atomic E-state index is 0.210. The topological polar surface area (TPSA) is 98.5 Å². The van der Waals surface area contributed by atoms with Crippen molar-refractivity contribution in [3.05, 3.63) is 28.2 Å². The van der Waals surface area contributed by atoms with Crippen molar-refractivity contribution in [3.8, 4) is 0 Å². The Kier molecular flexibility index (Phi) is 4.99. The maximum Gasteiger partial charge on any atom is 0.306 e. The second-order valence-electron chi connectivity index (χ2n) is 6.10. The van der Waals surface area contributed by atoms with Crippen molar-refractivity contribution in [2.24, 2.45) is 11.7 Å². The second-order valence-corrected chi connectivity index (χ2v) is 7.21. The molecule has 2 aliphatic carbocycles. The lowest BCUT2D eigenvalue weighted by atomic mass is 10.1. The van der Waals surface area contributed by atoms with Gasteiger partial charge in [0.25, 0.3) is 11.8 Å². The fraction of sp³-hybridized carbons (Fsp3) is 0.471. The Balaban J connectivity index is 1.54. The number of carbonyl (C=O) groups excluding carboxylic acids is 3. The molecule has 0 bridgehead atoms. The van der Waals surface area contributed by atoms with E-state index in [1.165, 1.54) is 11.3 Å². The third kappa shape index (κ3) is 3.67. The number of carbonyl (C=O) groups is 3. The summed E-state index contributed by atoms with van der Waals surface area (Å²) in [6, 6.07) is 0. The van der Waals surface area contributed by atoms with Crippen LogP contribution < -0.4 is 11.1 Å². The van der Waals surface area contributed by atoms with Gasteiger partial charge < -0.3 is 15.8 Å². The number of esters is 1. The van der Waals surface area contributed by atoms with Crippen LogP contribution in [0.5, 0.6) is 0 Å². The quantitative estimate of drug-likeness (QED) is 0.608. The number of thiophene rings is 1. The second kappa shape index (κ2) is 7.17. The maximum atomic E-state index is 12.0. The SMILES string of the molecule is NC(=O)c1c(NC(=O)COC(=O)C[C@H]2C=CCC2)sc2c1CCC2. The molecule has 0 unspecified atom stereocenters. The number of rotatable bonds is 6. The number of primary amides is 1. The zero-order valence-electron chi connectivity index (χ0n) is 13.3. The largest absolute Gasteiger partial charge is 0.456 e. The van der Waals surface area contributed by atoms with E-state index in [2.05, 4.69) is 5.32 Å². The molecule has 0 aliphatic heterocycles. The Morgan fingerprint density at radius 3 is 2.88 bits per heavy atom. The molecule has 0 radical (unpaired) electrons. The number of aryl methyl sites for hydroxylation is 1. The number of ether oxygens (including phenoxy) is 1. The van der Waals surface area contributed by atoms with Crippen LogP contribution in [0, 0.1) is 5.92 Å². The van der Waals surface area contributed by atoms with Crippen LogP contribution in [-0.4, -0.2) is 24.4 Å². The molecule has 1 heterocycles. The summed E-state index contributed by atoms with van der Waals surface area (Å²) in [7, 11) is 0. The lowest BCUT2D eigenvalue weighted by Gasteiger charge is -2.09. The molecule has 0 saturated carbocycles. The van der Waals surface area contributed by atoms with Crippen LogP contribution in [0.15, 0.2) is 12.2 Å². The van der Waals surface area contributed by atoms with Gasteiger partial charge in [0.2, 0.25) is 0 Å². The van der Waals surface area contributed by atoms with E-state index in [0.717, 1.165) is 42.5 Å². The Labute approximate surface area is 144 Å². The van der Waals surface area contributed by atoms with E-state index in [0.29, 0.717) is 17.0 Å². The fourth-order valence-electron chi connectivity index (χ4n) is 3.20. The predicted octanol–water partition coefficient (Wildman–Crippen LogP) is 2.17. The first-order chi connectivity index (χ1) is 11.5. The number of allylic oxidation sites excluding steroid dienone is 2. The highest BCUT2D eigenvalue weighted by Crippen LogP contribution is 2.38. The van der Waals surface area contributed by atoms with Gasteiger partial charge in [-0.15, -0.1) is 11.3 Å². The standard InChI is InChI=1S/C17H20N2O4S/c18-16(22)15-11-6-3-7-12(11)24-17(15)19-13(20)9-23-14(21)8-10-4-1-2-5-10/h1,4,10H,2-3,5-9H2,(H2,18,22)(H,19,20)/t10-/m0/s1. The van der Waals surface area contributed by atoms with E-state index in [4.69, 9.17) is 10.5 Å². The van der Waals surface area contributed by atoms with Gasteiger partial charge in [-0.2, -0.15) is 0 Å². The molecular weight excluding hydrogens is 328 g/mol. The third-order valence-electron chi connectivity index (χ3n) is 4.33. The van der Waals surface area contributed by atoms with Gasteiger partial charge in [0.15, 0.2) is 6.61 Å². The van der Waals surface area contributed by atoms with E-state index in [1.807, 2.05) is 12.2 Å². The Bertz CT molecular complexity index is 708. The number of hydrogen-bond donors (Lipinski definition) is 2. The maximum absolute atomic E-state index is 12.0. The third-order valence-corrected chi connectivity index (χ3v) is 5.53. The van der Waals surface area contributed by atoms with Gasteiger partial charge in [0.05, 0.1) is 12.0 Å². The minimum Gasteiger partial charge on any atom is -0.456 e. The first kappa shape index (κ1) is 16.7. The summed E-state index contributed by atoms with van der Waals surface area (Å²) in [6.07, 6.45) is 9.00. The predicted molar refractivity (Wildman–Crippen MR) is 90.9 cm³/mol. The van der Waals surface area contributed by atoms with Crippen molar-refractivity contribution in [2.45, 2.75) is 38.5 Å². The average molecular weight is 348 g/mol. The molecule has 0 fully saturated rings. The highest BCUT2D eigenvalue weighted by Gasteiger charge is 2.26. The molecule has 3 rings (SSSR count).